The molecule has 1 amide bonds. The van der Waals surface area contributed by atoms with Crippen LogP contribution in [0.25, 0.3) is 0 Å². The Bertz CT molecular complexity index is 860. The van der Waals surface area contributed by atoms with Crippen LogP contribution in [0.5, 0.6) is 17.2 Å². The third-order valence-corrected chi connectivity index (χ3v) is 4.83. The van der Waals surface area contributed by atoms with Gasteiger partial charge in [0.15, 0.2) is 18.1 Å². The predicted octanol–water partition coefficient (Wildman–Crippen LogP) is 3.14. The molecule has 7 nitrogen and oxygen atoms in total. The lowest BCUT2D eigenvalue weighted by Gasteiger charge is -2.19. The third kappa shape index (κ3) is 5.19. The first-order valence-corrected chi connectivity index (χ1v) is 9.38. The molecule has 154 valence electrons. The van der Waals surface area contributed by atoms with Crippen LogP contribution in [0.15, 0.2) is 42.5 Å². The number of hydrogen-bond donors (Lipinski definition) is 1. The molecular weight excluding hydrogens is 374 g/mol. The zero-order valence-corrected chi connectivity index (χ0v) is 16.8. The van der Waals surface area contributed by atoms with E-state index in [9.17, 15) is 9.59 Å². The van der Waals surface area contributed by atoms with E-state index in [0.29, 0.717) is 23.0 Å². The van der Waals surface area contributed by atoms with Crippen molar-refractivity contribution in [3.8, 4) is 17.2 Å². The van der Waals surface area contributed by atoms with Crippen LogP contribution in [0.3, 0.4) is 0 Å². The molecule has 2 aromatic carbocycles. The van der Waals surface area contributed by atoms with E-state index >= 15 is 0 Å². The Kier molecular flexibility index (Phi) is 6.59. The van der Waals surface area contributed by atoms with Crippen molar-refractivity contribution in [2.45, 2.75) is 18.9 Å². The molecule has 1 atom stereocenters. The summed E-state index contributed by atoms with van der Waals surface area (Å²) in [6.07, 6.45) is 2.17. The van der Waals surface area contributed by atoms with E-state index in [-0.39, 0.29) is 18.6 Å². The van der Waals surface area contributed by atoms with E-state index in [1.54, 1.807) is 19.2 Å². The second kappa shape index (κ2) is 9.32. The largest absolute Gasteiger partial charge is 0.497 e. The van der Waals surface area contributed by atoms with Crippen molar-refractivity contribution < 1.29 is 28.5 Å². The van der Waals surface area contributed by atoms with Crippen molar-refractivity contribution in [1.82, 2.24) is 5.32 Å². The molecule has 0 saturated heterocycles. The minimum atomic E-state index is -0.473. The molecule has 0 bridgehead atoms. The normalized spacial score (nSPS) is 13.9. The highest BCUT2D eigenvalue weighted by Crippen LogP contribution is 2.41. The quantitative estimate of drug-likeness (QED) is 0.653. The van der Waals surface area contributed by atoms with Crippen LogP contribution in [0.2, 0.25) is 0 Å². The number of amides is 1. The lowest BCUT2D eigenvalue weighted by molar-refractivity contribution is -0.124. The fourth-order valence-electron chi connectivity index (χ4n) is 3.10. The van der Waals surface area contributed by atoms with Gasteiger partial charge in [-0.3, -0.25) is 4.79 Å². The van der Waals surface area contributed by atoms with E-state index < -0.39 is 5.97 Å². The highest BCUT2D eigenvalue weighted by atomic mass is 16.5. The zero-order chi connectivity index (χ0) is 20.8. The van der Waals surface area contributed by atoms with Crippen LogP contribution in [-0.4, -0.2) is 39.8 Å². The molecule has 0 radical (unpaired) electrons. The van der Waals surface area contributed by atoms with Gasteiger partial charge in [-0.25, -0.2) is 4.79 Å². The minimum Gasteiger partial charge on any atom is -0.497 e. The van der Waals surface area contributed by atoms with E-state index in [4.69, 9.17) is 18.9 Å². The summed E-state index contributed by atoms with van der Waals surface area (Å²) in [6, 6.07) is 12.3. The molecule has 1 fully saturated rings. The fourth-order valence-corrected chi connectivity index (χ4v) is 3.10. The smallest absolute Gasteiger partial charge is 0.337 e. The maximum atomic E-state index is 12.5. The van der Waals surface area contributed by atoms with Crippen molar-refractivity contribution in [3.05, 3.63) is 53.6 Å². The van der Waals surface area contributed by atoms with Crippen LogP contribution in [0.1, 0.15) is 34.8 Å². The first kappa shape index (κ1) is 20.5. The van der Waals surface area contributed by atoms with Crippen molar-refractivity contribution in [2.24, 2.45) is 5.92 Å². The average Bonchev–Trinajstić information content (AvgIpc) is 3.60. The van der Waals surface area contributed by atoms with E-state index in [1.165, 1.54) is 20.3 Å². The summed E-state index contributed by atoms with van der Waals surface area (Å²) in [7, 11) is 4.40. The van der Waals surface area contributed by atoms with E-state index in [0.717, 1.165) is 24.2 Å². The summed E-state index contributed by atoms with van der Waals surface area (Å²) in [5.41, 5.74) is 1.39. The van der Waals surface area contributed by atoms with Gasteiger partial charge in [0.05, 0.1) is 32.9 Å². The lowest BCUT2D eigenvalue weighted by atomic mass is 10.0. The number of ether oxygens (including phenoxy) is 4. The van der Waals surface area contributed by atoms with Crippen molar-refractivity contribution >= 4 is 11.9 Å². The maximum Gasteiger partial charge on any atom is 0.337 e. The minimum absolute atomic E-state index is 0.0550. The summed E-state index contributed by atoms with van der Waals surface area (Å²) >= 11 is 0. The van der Waals surface area contributed by atoms with Crippen molar-refractivity contribution in [1.29, 1.82) is 0 Å². The SMILES string of the molecule is COC(=O)c1ccc(OCC(=O)NC(c2ccc(OC)cc2)C2CC2)c(OC)c1. The molecule has 1 N–H and O–H groups in total. The topological polar surface area (TPSA) is 83.1 Å². The number of methoxy groups -OCH3 is 3. The van der Waals surface area contributed by atoms with Gasteiger partial charge < -0.3 is 24.3 Å². The Morgan fingerprint density at radius 2 is 1.72 bits per heavy atom. The second-order valence-electron chi connectivity index (χ2n) is 6.80. The number of benzene rings is 2. The third-order valence-electron chi connectivity index (χ3n) is 4.83. The van der Waals surface area contributed by atoms with Crippen molar-refractivity contribution in [3.63, 3.8) is 0 Å². The standard InChI is InChI=1S/C22H25NO6/c1-26-17-9-6-15(7-10-17)21(14-4-5-14)23-20(24)13-29-18-11-8-16(22(25)28-3)12-19(18)27-2/h6-12,14,21H,4-5,13H2,1-3H3,(H,23,24). The number of rotatable bonds is 9. The molecule has 0 aromatic heterocycles. The summed E-state index contributed by atoms with van der Waals surface area (Å²) in [5.74, 6) is 1.25. The van der Waals surface area contributed by atoms with Gasteiger partial charge in [-0.2, -0.15) is 0 Å². The Morgan fingerprint density at radius 1 is 1.00 bits per heavy atom. The zero-order valence-electron chi connectivity index (χ0n) is 16.8. The summed E-state index contributed by atoms with van der Waals surface area (Å²) in [4.78, 5) is 24.1. The van der Waals surface area contributed by atoms with Gasteiger partial charge in [-0.05, 0) is 54.7 Å². The first-order valence-electron chi connectivity index (χ1n) is 9.38. The van der Waals surface area contributed by atoms with Gasteiger partial charge in [0, 0.05) is 0 Å². The predicted molar refractivity (Wildman–Crippen MR) is 106 cm³/mol. The molecule has 1 aliphatic rings. The van der Waals surface area contributed by atoms with Gasteiger partial charge in [-0.15, -0.1) is 0 Å². The maximum absolute atomic E-state index is 12.5. The average molecular weight is 399 g/mol. The van der Waals surface area contributed by atoms with Gasteiger partial charge >= 0.3 is 5.97 Å². The molecule has 2 aromatic rings. The highest BCUT2D eigenvalue weighted by Gasteiger charge is 2.33. The van der Waals surface area contributed by atoms with Crippen LogP contribution in [-0.2, 0) is 9.53 Å². The number of nitrogens with one attached hydrogen (secondary N) is 1. The number of carbonyl (C=O) groups is 2. The number of esters is 1. The second-order valence-corrected chi connectivity index (χ2v) is 6.80. The number of hydrogen-bond acceptors (Lipinski definition) is 6. The highest BCUT2D eigenvalue weighted by molar-refractivity contribution is 5.90. The summed E-state index contributed by atoms with van der Waals surface area (Å²) in [6.45, 7) is -0.159. The molecule has 0 aliphatic heterocycles. The molecule has 1 aliphatic carbocycles. The fraction of sp³-hybridized carbons (Fsp3) is 0.364. The monoisotopic (exact) mass is 399 g/mol. The van der Waals surface area contributed by atoms with Crippen LogP contribution in [0, 0.1) is 5.92 Å². The van der Waals surface area contributed by atoms with Gasteiger partial charge in [-0.1, -0.05) is 12.1 Å². The lowest BCUT2D eigenvalue weighted by Crippen LogP contribution is -2.33. The molecule has 29 heavy (non-hydrogen) atoms. The summed E-state index contributed by atoms with van der Waals surface area (Å²) in [5, 5.41) is 3.06. The Morgan fingerprint density at radius 3 is 2.31 bits per heavy atom. The van der Waals surface area contributed by atoms with E-state index in [1.807, 2.05) is 24.3 Å². The van der Waals surface area contributed by atoms with E-state index in [2.05, 4.69) is 5.32 Å². The molecule has 0 heterocycles. The van der Waals surface area contributed by atoms with Crippen LogP contribution < -0.4 is 19.5 Å². The Balaban J connectivity index is 1.63. The Hall–Kier alpha value is -3.22. The number of carbonyl (C=O) groups excluding carboxylic acids is 2. The molecule has 3 rings (SSSR count). The van der Waals surface area contributed by atoms with Gasteiger partial charge in [0.2, 0.25) is 0 Å². The molecule has 1 saturated carbocycles. The van der Waals surface area contributed by atoms with Gasteiger partial charge in [0.1, 0.15) is 5.75 Å². The summed E-state index contributed by atoms with van der Waals surface area (Å²) < 4.78 is 20.8. The van der Waals surface area contributed by atoms with Gasteiger partial charge in [0.25, 0.3) is 5.91 Å². The Labute approximate surface area is 169 Å². The molecule has 1 unspecified atom stereocenters. The molecule has 7 heteroatoms. The first-order chi connectivity index (χ1) is 14.0. The van der Waals surface area contributed by atoms with Crippen LogP contribution in [0.4, 0.5) is 0 Å². The van der Waals surface area contributed by atoms with Crippen molar-refractivity contribution in [2.75, 3.05) is 27.9 Å². The van der Waals surface area contributed by atoms with Crippen LogP contribution >= 0.6 is 0 Å². The molecule has 0 spiro atoms. The molecular formula is C22H25NO6.